The van der Waals surface area contributed by atoms with Crippen LogP contribution >= 0.6 is 0 Å². The second kappa shape index (κ2) is 6.99. The van der Waals surface area contributed by atoms with Crippen LogP contribution in [-0.2, 0) is 0 Å². The van der Waals surface area contributed by atoms with E-state index < -0.39 is 0 Å². The minimum absolute atomic E-state index is 0.252. The molecule has 2 aromatic rings. The van der Waals surface area contributed by atoms with Crippen molar-refractivity contribution in [3.63, 3.8) is 0 Å². The zero-order valence-electron chi connectivity index (χ0n) is 14.4. The molecule has 2 heterocycles. The average Bonchev–Trinajstić information content (AvgIpc) is 2.95. The van der Waals surface area contributed by atoms with Crippen molar-refractivity contribution < 1.29 is 14.3 Å². The quantitative estimate of drug-likeness (QED) is 0.897. The van der Waals surface area contributed by atoms with Gasteiger partial charge in [-0.1, -0.05) is 0 Å². The van der Waals surface area contributed by atoms with Gasteiger partial charge < -0.3 is 19.7 Å². The molecule has 1 saturated heterocycles. The summed E-state index contributed by atoms with van der Waals surface area (Å²) in [4.78, 5) is 14.4. The van der Waals surface area contributed by atoms with Crippen LogP contribution in [0.4, 0.5) is 11.4 Å². The lowest BCUT2D eigenvalue weighted by atomic mass is 10.0. The predicted octanol–water partition coefficient (Wildman–Crippen LogP) is 2.98. The lowest BCUT2D eigenvalue weighted by Crippen LogP contribution is -2.36. The van der Waals surface area contributed by atoms with E-state index >= 15 is 0 Å². The largest absolute Gasteiger partial charge is 0.456 e. The lowest BCUT2D eigenvalue weighted by Gasteiger charge is -2.32. The molecule has 25 heavy (non-hydrogen) atoms. The number of amides is 1. The van der Waals surface area contributed by atoms with Crippen LogP contribution in [0.5, 0.6) is 0 Å². The molecule has 0 aliphatic carbocycles. The molecule has 6 heteroatoms. The second-order valence-corrected chi connectivity index (χ2v) is 6.37. The van der Waals surface area contributed by atoms with E-state index in [1.807, 2.05) is 19.9 Å². The van der Waals surface area contributed by atoms with E-state index in [4.69, 9.17) is 4.42 Å². The minimum Gasteiger partial charge on any atom is -0.456 e. The van der Waals surface area contributed by atoms with E-state index in [1.54, 1.807) is 18.2 Å². The van der Waals surface area contributed by atoms with Gasteiger partial charge in [0.05, 0.1) is 17.4 Å². The Labute approximate surface area is 146 Å². The molecule has 3 rings (SSSR count). The van der Waals surface area contributed by atoms with Crippen molar-refractivity contribution in [1.29, 1.82) is 5.26 Å². The standard InChI is InChI=1S/C19H21N3O3/c1-12-9-18(25-13(12)2)19(24)21-15-3-4-17(14(10-15)11-20)22-7-5-16(23)6-8-22/h3-4,9-10,16,23H,5-8H2,1-2H3,(H,21,24). The van der Waals surface area contributed by atoms with Gasteiger partial charge in [-0.15, -0.1) is 0 Å². The van der Waals surface area contributed by atoms with Gasteiger partial charge >= 0.3 is 0 Å². The van der Waals surface area contributed by atoms with E-state index in [1.165, 1.54) is 0 Å². The van der Waals surface area contributed by atoms with Gasteiger partial charge in [0.15, 0.2) is 5.76 Å². The van der Waals surface area contributed by atoms with Crippen molar-refractivity contribution in [1.82, 2.24) is 0 Å². The van der Waals surface area contributed by atoms with Gasteiger partial charge in [-0.2, -0.15) is 5.26 Å². The molecule has 0 unspecified atom stereocenters. The third kappa shape index (κ3) is 3.67. The summed E-state index contributed by atoms with van der Waals surface area (Å²) in [6, 6.07) is 9.17. The molecule has 1 fully saturated rings. The first kappa shape index (κ1) is 17.1. The normalized spacial score (nSPS) is 15.0. The number of aryl methyl sites for hydroxylation is 2. The van der Waals surface area contributed by atoms with E-state index in [0.29, 0.717) is 42.9 Å². The molecule has 0 bridgehead atoms. The number of rotatable bonds is 3. The molecule has 1 aromatic carbocycles. The summed E-state index contributed by atoms with van der Waals surface area (Å²) < 4.78 is 5.42. The highest BCUT2D eigenvalue weighted by atomic mass is 16.3. The SMILES string of the molecule is Cc1cc(C(=O)Nc2ccc(N3CCC(O)CC3)c(C#N)c2)oc1C. The molecule has 1 amide bonds. The lowest BCUT2D eigenvalue weighted by molar-refractivity contribution is 0.0995. The second-order valence-electron chi connectivity index (χ2n) is 6.37. The number of piperidine rings is 1. The van der Waals surface area contributed by atoms with Gasteiger partial charge in [0.25, 0.3) is 5.91 Å². The van der Waals surface area contributed by atoms with Crippen molar-refractivity contribution in [2.75, 3.05) is 23.3 Å². The highest BCUT2D eigenvalue weighted by molar-refractivity contribution is 6.02. The number of nitriles is 1. The number of furan rings is 1. The molecule has 6 nitrogen and oxygen atoms in total. The maximum atomic E-state index is 12.3. The monoisotopic (exact) mass is 339 g/mol. The number of hydrogen-bond acceptors (Lipinski definition) is 5. The molecule has 0 atom stereocenters. The van der Waals surface area contributed by atoms with Crippen molar-refractivity contribution in [2.45, 2.75) is 32.8 Å². The van der Waals surface area contributed by atoms with E-state index in [9.17, 15) is 15.2 Å². The van der Waals surface area contributed by atoms with Gasteiger partial charge in [0.1, 0.15) is 11.8 Å². The number of carbonyl (C=O) groups excluding carboxylic acids is 1. The fraction of sp³-hybridized carbons (Fsp3) is 0.368. The molecule has 1 aliphatic rings. The smallest absolute Gasteiger partial charge is 0.291 e. The Kier molecular flexibility index (Phi) is 4.77. The van der Waals surface area contributed by atoms with E-state index in [0.717, 1.165) is 11.3 Å². The number of nitrogens with one attached hydrogen (secondary N) is 1. The Morgan fingerprint density at radius 1 is 1.32 bits per heavy atom. The zero-order chi connectivity index (χ0) is 18.0. The van der Waals surface area contributed by atoms with Crippen LogP contribution in [0.15, 0.2) is 28.7 Å². The summed E-state index contributed by atoms with van der Waals surface area (Å²) >= 11 is 0. The first-order valence-electron chi connectivity index (χ1n) is 8.33. The van der Waals surface area contributed by atoms with Gasteiger partial charge in [-0.3, -0.25) is 4.79 Å². The van der Waals surface area contributed by atoms with E-state index in [2.05, 4.69) is 16.3 Å². The number of aliphatic hydroxyl groups is 1. The fourth-order valence-electron chi connectivity index (χ4n) is 2.96. The summed E-state index contributed by atoms with van der Waals surface area (Å²) in [6.45, 7) is 5.12. The summed E-state index contributed by atoms with van der Waals surface area (Å²) in [7, 11) is 0. The molecule has 1 aromatic heterocycles. The average molecular weight is 339 g/mol. The number of aliphatic hydroxyl groups excluding tert-OH is 1. The maximum Gasteiger partial charge on any atom is 0.291 e. The Morgan fingerprint density at radius 2 is 2.04 bits per heavy atom. The zero-order valence-corrected chi connectivity index (χ0v) is 14.4. The number of anilines is 2. The van der Waals surface area contributed by atoms with Crippen LogP contribution in [0.3, 0.4) is 0 Å². The van der Waals surface area contributed by atoms with Crippen LogP contribution in [-0.4, -0.2) is 30.2 Å². The van der Waals surface area contributed by atoms with Gasteiger partial charge in [-0.25, -0.2) is 0 Å². The highest BCUT2D eigenvalue weighted by Gasteiger charge is 2.20. The fourth-order valence-corrected chi connectivity index (χ4v) is 2.96. The predicted molar refractivity (Wildman–Crippen MR) is 94.7 cm³/mol. The van der Waals surface area contributed by atoms with Gasteiger partial charge in [0, 0.05) is 18.8 Å². The van der Waals surface area contributed by atoms with Crippen LogP contribution in [0, 0.1) is 25.2 Å². The van der Waals surface area contributed by atoms with Crippen molar-refractivity contribution in [3.05, 3.63) is 46.9 Å². The van der Waals surface area contributed by atoms with Crippen LogP contribution < -0.4 is 10.2 Å². The van der Waals surface area contributed by atoms with Crippen LogP contribution in [0.2, 0.25) is 0 Å². The summed E-state index contributed by atoms with van der Waals surface area (Å²) in [6.07, 6.45) is 1.13. The number of nitrogens with zero attached hydrogens (tertiary/aromatic N) is 2. The molecule has 2 N–H and O–H groups in total. The van der Waals surface area contributed by atoms with Crippen molar-refractivity contribution >= 4 is 17.3 Å². The van der Waals surface area contributed by atoms with Crippen LogP contribution in [0.1, 0.15) is 40.3 Å². The van der Waals surface area contributed by atoms with Crippen molar-refractivity contribution in [2.24, 2.45) is 0 Å². The molecule has 130 valence electrons. The Hall–Kier alpha value is -2.78. The minimum atomic E-state index is -0.339. The molecular formula is C19H21N3O3. The third-order valence-corrected chi connectivity index (χ3v) is 4.57. The van der Waals surface area contributed by atoms with Gasteiger partial charge in [-0.05, 0) is 56.5 Å². The molecule has 0 saturated carbocycles. The molecule has 1 aliphatic heterocycles. The summed E-state index contributed by atoms with van der Waals surface area (Å²) in [5.41, 5.74) is 2.80. The summed E-state index contributed by atoms with van der Waals surface area (Å²) in [5.74, 6) is 0.627. The summed E-state index contributed by atoms with van der Waals surface area (Å²) in [5, 5.41) is 21.9. The Morgan fingerprint density at radius 3 is 2.64 bits per heavy atom. The number of carbonyl (C=O) groups is 1. The molecule has 0 spiro atoms. The van der Waals surface area contributed by atoms with E-state index in [-0.39, 0.29) is 17.8 Å². The molecular weight excluding hydrogens is 318 g/mol. The topological polar surface area (TPSA) is 89.5 Å². The van der Waals surface area contributed by atoms with Gasteiger partial charge in [0.2, 0.25) is 0 Å². The Balaban J connectivity index is 1.77. The third-order valence-electron chi connectivity index (χ3n) is 4.57. The maximum absolute atomic E-state index is 12.3. The number of hydrogen-bond donors (Lipinski definition) is 2. The first-order chi connectivity index (χ1) is 12.0. The van der Waals surface area contributed by atoms with Crippen LogP contribution in [0.25, 0.3) is 0 Å². The number of benzene rings is 1. The first-order valence-corrected chi connectivity index (χ1v) is 8.33. The Bertz CT molecular complexity index is 807. The molecule has 0 radical (unpaired) electrons. The highest BCUT2D eigenvalue weighted by Crippen LogP contribution is 2.27. The van der Waals surface area contributed by atoms with Crippen molar-refractivity contribution in [3.8, 4) is 6.07 Å².